The molecular formula is C41H49N7O5. The number of aliphatic carboxylic acids is 1. The number of aliphatic imine (C=N–C) groups is 1. The maximum Gasteiger partial charge on any atom is 0.307 e. The zero-order chi connectivity index (χ0) is 37.8. The SMILES string of the molecule is C=Nc1c(/C=C(\C)CN2CC[C@@H](C(=O)O)C2)ccnc1Nc1cccc(-c2cccc(NC(=O)C3=CC(CN4CC[C@@H](O)C4)=CN(C)C3O)c2C)c1C. The van der Waals surface area contributed by atoms with Crippen LogP contribution in [0.2, 0.25) is 0 Å². The van der Waals surface area contributed by atoms with Crippen LogP contribution in [0.25, 0.3) is 17.2 Å². The highest BCUT2D eigenvalue weighted by Gasteiger charge is 2.29. The maximum atomic E-state index is 13.7. The molecule has 12 nitrogen and oxygen atoms in total. The van der Waals surface area contributed by atoms with Gasteiger partial charge in [-0.25, -0.2) is 4.98 Å². The monoisotopic (exact) mass is 719 g/mol. The molecule has 3 aromatic rings. The quantitative estimate of drug-likeness (QED) is 0.155. The van der Waals surface area contributed by atoms with Crippen LogP contribution in [0.5, 0.6) is 0 Å². The van der Waals surface area contributed by atoms with Crippen LogP contribution in [-0.4, -0.2) is 112 Å². The zero-order valence-corrected chi connectivity index (χ0v) is 30.8. The molecule has 0 aliphatic carbocycles. The Bertz CT molecular complexity index is 1990. The Morgan fingerprint density at radius 1 is 1.00 bits per heavy atom. The summed E-state index contributed by atoms with van der Waals surface area (Å²) in [6, 6.07) is 13.7. The van der Waals surface area contributed by atoms with E-state index >= 15 is 0 Å². The maximum absolute atomic E-state index is 13.7. The number of aromatic nitrogens is 1. The van der Waals surface area contributed by atoms with Crippen molar-refractivity contribution in [3.8, 4) is 11.1 Å². The number of carbonyl (C=O) groups is 2. The molecule has 1 amide bonds. The Balaban J connectivity index is 1.20. The molecule has 0 bridgehead atoms. The number of likely N-dealkylation sites (tertiary alicyclic amines) is 2. The normalized spacial score (nSPS) is 21.0. The summed E-state index contributed by atoms with van der Waals surface area (Å²) in [5.74, 6) is -0.882. The molecule has 0 spiro atoms. The third-order valence-electron chi connectivity index (χ3n) is 10.4. The molecule has 6 rings (SSSR count). The first-order chi connectivity index (χ1) is 25.4. The predicted molar refractivity (Wildman–Crippen MR) is 210 cm³/mol. The van der Waals surface area contributed by atoms with Crippen LogP contribution in [-0.2, 0) is 9.59 Å². The molecule has 1 unspecified atom stereocenters. The van der Waals surface area contributed by atoms with Crippen molar-refractivity contribution >= 4 is 47.6 Å². The van der Waals surface area contributed by atoms with Crippen LogP contribution >= 0.6 is 0 Å². The number of carboxylic acid groups (broad SMARTS) is 1. The summed E-state index contributed by atoms with van der Waals surface area (Å²) in [6.45, 7) is 13.8. The van der Waals surface area contributed by atoms with Gasteiger partial charge in [0, 0.05) is 69.1 Å². The fourth-order valence-corrected chi connectivity index (χ4v) is 7.48. The van der Waals surface area contributed by atoms with Gasteiger partial charge in [-0.15, -0.1) is 0 Å². The smallest absolute Gasteiger partial charge is 0.307 e. The molecule has 2 fully saturated rings. The number of hydrogen-bond acceptors (Lipinski definition) is 10. The van der Waals surface area contributed by atoms with E-state index in [2.05, 4.69) is 37.1 Å². The third kappa shape index (κ3) is 8.58. The number of carbonyl (C=O) groups excluding carboxylic acids is 1. The topological polar surface area (TPSA) is 154 Å². The summed E-state index contributed by atoms with van der Waals surface area (Å²) in [6.07, 6.45) is 7.33. The van der Waals surface area contributed by atoms with Gasteiger partial charge in [0.25, 0.3) is 5.91 Å². The number of pyridine rings is 1. The number of nitrogens with one attached hydrogen (secondary N) is 2. The molecular weight excluding hydrogens is 670 g/mol. The van der Waals surface area contributed by atoms with E-state index in [1.165, 1.54) is 0 Å². The van der Waals surface area contributed by atoms with Crippen LogP contribution in [0.3, 0.4) is 0 Å². The number of amides is 1. The van der Waals surface area contributed by atoms with Gasteiger partial charge in [-0.2, -0.15) is 0 Å². The van der Waals surface area contributed by atoms with Crippen molar-refractivity contribution in [3.63, 3.8) is 0 Å². The molecule has 278 valence electrons. The number of hydrogen-bond donors (Lipinski definition) is 5. The Morgan fingerprint density at radius 2 is 1.70 bits per heavy atom. The molecule has 5 N–H and O–H groups in total. The van der Waals surface area contributed by atoms with Gasteiger partial charge in [-0.3, -0.25) is 24.4 Å². The standard InChI is InChI=1S/C41H49N7O5/c1-25(20-47-16-13-30(23-47)41(52)53)18-29-12-15-43-38(37(29)42-4)44-35-10-6-8-32(26(35)2)33-9-7-11-36(27(33)3)45-39(50)34-19-28(21-46(5)40(34)51)22-48-17-14-31(49)24-48/h6-12,15,18-19,21,30-31,40,49,51H,4,13-14,16-17,20,22-24H2,1-3,5H3,(H,43,44)(H,45,50)(H,52,53)/b25-18+/t30-,31-,40?/m1/s1. The van der Waals surface area contributed by atoms with Crippen LogP contribution in [0.15, 0.2) is 82.6 Å². The minimum Gasteiger partial charge on any atom is -0.481 e. The van der Waals surface area contributed by atoms with E-state index in [1.807, 2.05) is 75.5 Å². The minimum atomic E-state index is -1.09. The Morgan fingerprint density at radius 3 is 2.36 bits per heavy atom. The van der Waals surface area contributed by atoms with Crippen molar-refractivity contribution in [3.05, 3.63) is 94.3 Å². The number of rotatable bonds is 12. The molecule has 3 aliphatic rings. The van der Waals surface area contributed by atoms with Gasteiger partial charge in [-0.05, 0) is 99.0 Å². The fraction of sp³-hybridized carbons (Fsp3) is 0.366. The minimum absolute atomic E-state index is 0.256. The van der Waals surface area contributed by atoms with E-state index in [1.54, 1.807) is 24.2 Å². The number of carboxylic acids is 1. The summed E-state index contributed by atoms with van der Waals surface area (Å²) < 4.78 is 0. The second kappa shape index (κ2) is 16.3. The average Bonchev–Trinajstić information content (AvgIpc) is 3.77. The van der Waals surface area contributed by atoms with Crippen LogP contribution in [0.4, 0.5) is 22.9 Å². The number of nitrogens with zero attached hydrogens (tertiary/aromatic N) is 5. The number of aliphatic hydroxyl groups excluding tert-OH is 2. The molecule has 2 aromatic carbocycles. The van der Waals surface area contributed by atoms with Gasteiger partial charge in [-0.1, -0.05) is 35.9 Å². The highest BCUT2D eigenvalue weighted by Crippen LogP contribution is 2.37. The van der Waals surface area contributed by atoms with Crippen LogP contribution in [0, 0.1) is 19.8 Å². The van der Waals surface area contributed by atoms with E-state index in [4.69, 9.17) is 0 Å². The number of anilines is 3. The highest BCUT2D eigenvalue weighted by molar-refractivity contribution is 6.05. The molecule has 3 aliphatic heterocycles. The first-order valence-corrected chi connectivity index (χ1v) is 18.0. The lowest BCUT2D eigenvalue weighted by molar-refractivity contribution is -0.141. The van der Waals surface area contributed by atoms with Crippen molar-refractivity contribution in [2.45, 2.75) is 45.9 Å². The number of likely N-dealkylation sites (N-methyl/N-ethyl adjacent to an activating group) is 1. The van der Waals surface area contributed by atoms with Crippen LogP contribution < -0.4 is 10.6 Å². The molecule has 3 atom stereocenters. The van der Waals surface area contributed by atoms with E-state index in [-0.39, 0.29) is 23.5 Å². The number of β-amino-alcohol motifs (C(OH)–C–C–N with tert-alkyl or cyclic N) is 1. The summed E-state index contributed by atoms with van der Waals surface area (Å²) in [5.41, 5.74) is 8.96. The van der Waals surface area contributed by atoms with Crippen molar-refractivity contribution in [1.29, 1.82) is 0 Å². The van der Waals surface area contributed by atoms with Gasteiger partial charge in [0.2, 0.25) is 0 Å². The summed E-state index contributed by atoms with van der Waals surface area (Å²) in [5, 5.41) is 36.8. The fourth-order valence-electron chi connectivity index (χ4n) is 7.48. The van der Waals surface area contributed by atoms with Crippen LogP contribution in [0.1, 0.15) is 36.5 Å². The lowest BCUT2D eigenvalue weighted by atomic mass is 9.94. The summed E-state index contributed by atoms with van der Waals surface area (Å²) in [4.78, 5) is 39.9. The van der Waals surface area contributed by atoms with E-state index in [0.29, 0.717) is 49.8 Å². The average molecular weight is 720 g/mol. The zero-order valence-electron chi connectivity index (χ0n) is 30.8. The first-order valence-electron chi connectivity index (χ1n) is 18.0. The Hall–Kier alpha value is -5.14. The Labute approximate surface area is 310 Å². The molecule has 2 saturated heterocycles. The van der Waals surface area contributed by atoms with Gasteiger partial charge >= 0.3 is 5.97 Å². The van der Waals surface area contributed by atoms with Crippen molar-refractivity contribution in [2.24, 2.45) is 10.9 Å². The summed E-state index contributed by atoms with van der Waals surface area (Å²) in [7, 11) is 1.74. The van der Waals surface area contributed by atoms with E-state index in [9.17, 15) is 24.9 Å². The van der Waals surface area contributed by atoms with Gasteiger partial charge < -0.3 is 30.9 Å². The van der Waals surface area contributed by atoms with Crippen molar-refractivity contribution < 1.29 is 24.9 Å². The predicted octanol–water partition coefficient (Wildman–Crippen LogP) is 5.33. The molecule has 4 heterocycles. The number of benzene rings is 2. The highest BCUT2D eigenvalue weighted by atomic mass is 16.4. The summed E-state index contributed by atoms with van der Waals surface area (Å²) >= 11 is 0. The first kappa shape index (κ1) is 37.6. The third-order valence-corrected chi connectivity index (χ3v) is 10.4. The largest absolute Gasteiger partial charge is 0.481 e. The second-order valence-corrected chi connectivity index (χ2v) is 14.4. The van der Waals surface area contributed by atoms with E-state index < -0.39 is 12.2 Å². The molecule has 53 heavy (non-hydrogen) atoms. The van der Waals surface area contributed by atoms with Gasteiger partial charge in [0.05, 0.1) is 17.6 Å². The second-order valence-electron chi connectivity index (χ2n) is 14.4. The van der Waals surface area contributed by atoms with E-state index in [0.717, 1.165) is 64.2 Å². The number of aliphatic hydroxyl groups is 2. The lowest BCUT2D eigenvalue weighted by Gasteiger charge is -2.30. The van der Waals surface area contributed by atoms with Crippen molar-refractivity contribution in [2.75, 3.05) is 56.9 Å². The molecule has 0 saturated carbocycles. The van der Waals surface area contributed by atoms with Gasteiger partial charge in [0.15, 0.2) is 12.0 Å². The molecule has 1 aromatic heterocycles. The molecule has 12 heteroatoms. The van der Waals surface area contributed by atoms with Gasteiger partial charge in [0.1, 0.15) is 5.69 Å². The molecule has 0 radical (unpaired) electrons. The lowest BCUT2D eigenvalue weighted by Crippen LogP contribution is -2.38. The Kier molecular flexibility index (Phi) is 11.5. The van der Waals surface area contributed by atoms with Crippen molar-refractivity contribution in [1.82, 2.24) is 19.7 Å².